The molecule has 17 heavy (non-hydrogen) atoms. The lowest BCUT2D eigenvalue weighted by atomic mass is 10.2. The fourth-order valence-electron chi connectivity index (χ4n) is 2.34. The number of nitrogens with zero attached hydrogens (tertiary/aromatic N) is 1. The summed E-state index contributed by atoms with van der Waals surface area (Å²) in [5, 5.41) is 3.45. The van der Waals surface area contributed by atoms with E-state index in [0.717, 1.165) is 13.2 Å². The van der Waals surface area contributed by atoms with E-state index in [9.17, 15) is 0 Å². The first-order valence-corrected chi connectivity index (χ1v) is 7.33. The molecule has 1 fully saturated rings. The molecular formula is C14H30N2O. The van der Waals surface area contributed by atoms with Crippen molar-refractivity contribution in [1.29, 1.82) is 0 Å². The number of hydrogen-bond acceptors (Lipinski definition) is 3. The average Bonchev–Trinajstić information content (AvgIpc) is 2.80. The summed E-state index contributed by atoms with van der Waals surface area (Å²) in [5.74, 6) is 0. The fourth-order valence-corrected chi connectivity index (χ4v) is 2.34. The van der Waals surface area contributed by atoms with Crippen molar-refractivity contribution >= 4 is 0 Å². The molecule has 0 aromatic rings. The quantitative estimate of drug-likeness (QED) is 0.595. The molecule has 0 aliphatic carbocycles. The van der Waals surface area contributed by atoms with Crippen LogP contribution in [0.2, 0.25) is 0 Å². The van der Waals surface area contributed by atoms with Crippen LogP contribution in [-0.2, 0) is 4.74 Å². The van der Waals surface area contributed by atoms with Crippen molar-refractivity contribution in [3.05, 3.63) is 0 Å². The highest BCUT2D eigenvalue weighted by atomic mass is 16.5. The number of unbranched alkanes of at least 4 members (excludes halogenated alkanes) is 2. The van der Waals surface area contributed by atoms with Gasteiger partial charge in [-0.05, 0) is 58.8 Å². The lowest BCUT2D eigenvalue weighted by molar-refractivity contribution is 0.0807. The Bertz CT molecular complexity index is 170. The molecule has 1 saturated heterocycles. The third kappa shape index (κ3) is 7.74. The molecule has 1 heterocycles. The van der Waals surface area contributed by atoms with E-state index in [1.807, 2.05) is 0 Å². The molecule has 1 unspecified atom stereocenters. The highest BCUT2D eigenvalue weighted by Gasteiger charge is 2.16. The second-order valence-electron chi connectivity index (χ2n) is 5.21. The third-order valence-corrected chi connectivity index (χ3v) is 3.36. The Morgan fingerprint density at radius 2 is 2.12 bits per heavy atom. The van der Waals surface area contributed by atoms with E-state index in [4.69, 9.17) is 4.74 Å². The van der Waals surface area contributed by atoms with Gasteiger partial charge in [0.05, 0.1) is 6.10 Å². The molecule has 3 heteroatoms. The average molecular weight is 242 g/mol. The Morgan fingerprint density at radius 3 is 2.82 bits per heavy atom. The number of hydrogen-bond donors (Lipinski definition) is 1. The summed E-state index contributed by atoms with van der Waals surface area (Å²) < 4.78 is 5.64. The van der Waals surface area contributed by atoms with Gasteiger partial charge in [-0.15, -0.1) is 0 Å². The van der Waals surface area contributed by atoms with E-state index in [1.54, 1.807) is 0 Å². The Kier molecular flexibility index (Phi) is 8.67. The van der Waals surface area contributed by atoms with Crippen LogP contribution in [0.4, 0.5) is 0 Å². The van der Waals surface area contributed by atoms with Gasteiger partial charge in [0.1, 0.15) is 0 Å². The molecule has 1 rings (SSSR count). The Labute approximate surface area is 107 Å². The van der Waals surface area contributed by atoms with Crippen molar-refractivity contribution in [3.63, 3.8) is 0 Å². The SMILES string of the molecule is CCCNCCCCCN(C)CC1CCCO1. The second kappa shape index (κ2) is 9.86. The molecule has 1 aliphatic heterocycles. The van der Waals surface area contributed by atoms with Gasteiger partial charge in [0.25, 0.3) is 0 Å². The first-order chi connectivity index (χ1) is 8.33. The molecule has 102 valence electrons. The molecule has 1 atom stereocenters. The van der Waals surface area contributed by atoms with Crippen LogP contribution in [0.1, 0.15) is 45.4 Å². The zero-order valence-electron chi connectivity index (χ0n) is 11.7. The highest BCUT2D eigenvalue weighted by molar-refractivity contribution is 4.68. The molecule has 0 saturated carbocycles. The monoisotopic (exact) mass is 242 g/mol. The smallest absolute Gasteiger partial charge is 0.0702 e. The summed E-state index contributed by atoms with van der Waals surface area (Å²) in [4.78, 5) is 2.43. The van der Waals surface area contributed by atoms with Crippen LogP contribution >= 0.6 is 0 Å². The molecule has 0 aromatic carbocycles. The van der Waals surface area contributed by atoms with Crippen molar-refractivity contribution < 1.29 is 4.74 Å². The van der Waals surface area contributed by atoms with Gasteiger partial charge in [0, 0.05) is 13.2 Å². The lowest BCUT2D eigenvalue weighted by Crippen LogP contribution is -2.29. The molecule has 0 aromatic heterocycles. The predicted molar refractivity (Wildman–Crippen MR) is 73.5 cm³/mol. The van der Waals surface area contributed by atoms with Gasteiger partial charge in [-0.1, -0.05) is 13.3 Å². The van der Waals surface area contributed by atoms with Gasteiger partial charge >= 0.3 is 0 Å². The van der Waals surface area contributed by atoms with E-state index in [2.05, 4.69) is 24.2 Å². The van der Waals surface area contributed by atoms with Crippen molar-refractivity contribution in [1.82, 2.24) is 10.2 Å². The molecule has 0 amide bonds. The zero-order valence-corrected chi connectivity index (χ0v) is 11.7. The molecule has 1 N–H and O–H groups in total. The molecule has 0 radical (unpaired) electrons. The number of ether oxygens (including phenoxy) is 1. The van der Waals surface area contributed by atoms with Crippen LogP contribution < -0.4 is 5.32 Å². The second-order valence-corrected chi connectivity index (χ2v) is 5.21. The van der Waals surface area contributed by atoms with Gasteiger partial charge in [-0.2, -0.15) is 0 Å². The van der Waals surface area contributed by atoms with Gasteiger partial charge in [-0.3, -0.25) is 0 Å². The Balaban J connectivity index is 1.84. The largest absolute Gasteiger partial charge is 0.377 e. The molecule has 3 nitrogen and oxygen atoms in total. The normalized spacial score (nSPS) is 20.3. The highest BCUT2D eigenvalue weighted by Crippen LogP contribution is 2.12. The Morgan fingerprint density at radius 1 is 1.24 bits per heavy atom. The van der Waals surface area contributed by atoms with Crippen molar-refractivity contribution in [2.75, 3.05) is 39.8 Å². The van der Waals surface area contributed by atoms with Crippen molar-refractivity contribution in [3.8, 4) is 0 Å². The number of likely N-dealkylation sites (N-methyl/N-ethyl adjacent to an activating group) is 1. The topological polar surface area (TPSA) is 24.5 Å². The predicted octanol–water partition coefficient (Wildman–Crippen LogP) is 2.27. The van der Waals surface area contributed by atoms with Gasteiger partial charge in [-0.25, -0.2) is 0 Å². The maximum Gasteiger partial charge on any atom is 0.0702 e. The standard InChI is InChI=1S/C14H30N2O/c1-3-9-15-10-5-4-6-11-16(2)13-14-8-7-12-17-14/h14-15H,3-13H2,1-2H3. The van der Waals surface area contributed by atoms with Crippen LogP contribution in [0.15, 0.2) is 0 Å². The first-order valence-electron chi connectivity index (χ1n) is 7.33. The van der Waals surface area contributed by atoms with Crippen molar-refractivity contribution in [2.45, 2.75) is 51.6 Å². The zero-order chi connectivity index (χ0) is 12.3. The number of rotatable bonds is 10. The molecule has 1 aliphatic rings. The summed E-state index contributed by atoms with van der Waals surface area (Å²) in [6.07, 6.45) is 8.22. The minimum Gasteiger partial charge on any atom is -0.377 e. The maximum atomic E-state index is 5.64. The first kappa shape index (κ1) is 14.9. The third-order valence-electron chi connectivity index (χ3n) is 3.36. The van der Waals surface area contributed by atoms with E-state index in [1.165, 1.54) is 58.2 Å². The number of nitrogens with one attached hydrogen (secondary N) is 1. The molecular weight excluding hydrogens is 212 g/mol. The summed E-state index contributed by atoms with van der Waals surface area (Å²) in [5.41, 5.74) is 0. The van der Waals surface area contributed by atoms with Crippen molar-refractivity contribution in [2.24, 2.45) is 0 Å². The van der Waals surface area contributed by atoms with Crippen LogP contribution in [0.25, 0.3) is 0 Å². The van der Waals surface area contributed by atoms with Gasteiger partial charge < -0.3 is 15.0 Å². The van der Waals surface area contributed by atoms with E-state index >= 15 is 0 Å². The maximum absolute atomic E-state index is 5.64. The fraction of sp³-hybridized carbons (Fsp3) is 1.00. The molecule has 0 bridgehead atoms. The minimum atomic E-state index is 0.506. The van der Waals surface area contributed by atoms with E-state index < -0.39 is 0 Å². The van der Waals surface area contributed by atoms with Gasteiger partial charge in [0.15, 0.2) is 0 Å². The summed E-state index contributed by atoms with van der Waals surface area (Å²) >= 11 is 0. The minimum absolute atomic E-state index is 0.506. The lowest BCUT2D eigenvalue weighted by Gasteiger charge is -2.20. The van der Waals surface area contributed by atoms with Crippen LogP contribution in [0.5, 0.6) is 0 Å². The molecule has 0 spiro atoms. The summed E-state index contributed by atoms with van der Waals surface area (Å²) in [7, 11) is 2.22. The Hall–Kier alpha value is -0.120. The van der Waals surface area contributed by atoms with Crippen LogP contribution in [-0.4, -0.2) is 50.8 Å². The van der Waals surface area contributed by atoms with Crippen LogP contribution in [0, 0.1) is 0 Å². The summed E-state index contributed by atoms with van der Waals surface area (Å²) in [6.45, 7) is 7.87. The van der Waals surface area contributed by atoms with Crippen LogP contribution in [0.3, 0.4) is 0 Å². The van der Waals surface area contributed by atoms with E-state index in [-0.39, 0.29) is 0 Å². The summed E-state index contributed by atoms with van der Waals surface area (Å²) in [6, 6.07) is 0. The van der Waals surface area contributed by atoms with E-state index in [0.29, 0.717) is 6.10 Å². The van der Waals surface area contributed by atoms with Gasteiger partial charge in [0.2, 0.25) is 0 Å².